The summed E-state index contributed by atoms with van der Waals surface area (Å²) in [6.07, 6.45) is 1.15. The number of amides is 2. The lowest BCUT2D eigenvalue weighted by molar-refractivity contribution is -0.133. The predicted octanol–water partition coefficient (Wildman–Crippen LogP) is 1.85. The summed E-state index contributed by atoms with van der Waals surface area (Å²) in [6.45, 7) is 4.79. The van der Waals surface area contributed by atoms with Crippen LogP contribution in [0.15, 0.2) is 48.5 Å². The van der Waals surface area contributed by atoms with Gasteiger partial charge in [0.2, 0.25) is 11.8 Å². The van der Waals surface area contributed by atoms with E-state index in [-0.39, 0.29) is 11.8 Å². The highest BCUT2D eigenvalue weighted by Gasteiger charge is 2.22. The van der Waals surface area contributed by atoms with E-state index < -0.39 is 0 Å². The van der Waals surface area contributed by atoms with Gasteiger partial charge in [-0.25, -0.2) is 0 Å². The summed E-state index contributed by atoms with van der Waals surface area (Å²) in [5.74, 6) is 1.70. The second-order valence-electron chi connectivity index (χ2n) is 7.90. The van der Waals surface area contributed by atoms with Crippen molar-refractivity contribution in [2.75, 3.05) is 45.9 Å². The number of carbonyl (C=O) groups excluding carboxylic acids is 2. The summed E-state index contributed by atoms with van der Waals surface area (Å²) in [6, 6.07) is 15.8. The molecule has 0 spiro atoms. The quantitative estimate of drug-likeness (QED) is 0.736. The Morgan fingerprint density at radius 1 is 0.871 bits per heavy atom. The SMILES string of the molecule is O=C(CN1CCN(C(=O)CCc2ccc3c(c2)OCCO3)CC1)NCc1ccccc1. The Balaban J connectivity index is 1.16. The largest absolute Gasteiger partial charge is 0.486 e. The number of fused-ring (bicyclic) bond motifs is 1. The predicted molar refractivity (Wildman–Crippen MR) is 117 cm³/mol. The van der Waals surface area contributed by atoms with Crippen LogP contribution in [0.1, 0.15) is 17.5 Å². The van der Waals surface area contributed by atoms with Crippen LogP contribution in [-0.4, -0.2) is 67.6 Å². The molecule has 0 aromatic heterocycles. The first-order valence-corrected chi connectivity index (χ1v) is 10.9. The number of rotatable bonds is 7. The Bertz CT molecular complexity index is 895. The lowest BCUT2D eigenvalue weighted by Crippen LogP contribution is -2.51. The number of benzene rings is 2. The molecule has 4 rings (SSSR count). The van der Waals surface area contributed by atoms with Crippen molar-refractivity contribution in [1.82, 2.24) is 15.1 Å². The molecule has 2 aromatic carbocycles. The molecular formula is C24H29N3O4. The van der Waals surface area contributed by atoms with E-state index >= 15 is 0 Å². The van der Waals surface area contributed by atoms with Gasteiger partial charge in [-0.05, 0) is 29.7 Å². The molecule has 0 bridgehead atoms. The van der Waals surface area contributed by atoms with Crippen LogP contribution in [0.3, 0.4) is 0 Å². The number of nitrogens with one attached hydrogen (secondary N) is 1. The first kappa shape index (κ1) is 21.2. The van der Waals surface area contributed by atoms with Crippen molar-refractivity contribution in [3.63, 3.8) is 0 Å². The minimum Gasteiger partial charge on any atom is -0.486 e. The van der Waals surface area contributed by atoms with Crippen molar-refractivity contribution in [2.24, 2.45) is 0 Å². The smallest absolute Gasteiger partial charge is 0.234 e. The fourth-order valence-electron chi connectivity index (χ4n) is 3.86. The molecule has 0 saturated carbocycles. The van der Waals surface area contributed by atoms with E-state index in [1.165, 1.54) is 0 Å². The summed E-state index contributed by atoms with van der Waals surface area (Å²) in [5.41, 5.74) is 2.16. The molecule has 0 atom stereocenters. The van der Waals surface area contributed by atoms with Crippen LogP contribution in [0.4, 0.5) is 0 Å². The number of hydrogen-bond donors (Lipinski definition) is 1. The van der Waals surface area contributed by atoms with Crippen LogP contribution < -0.4 is 14.8 Å². The third-order valence-electron chi connectivity index (χ3n) is 5.66. The van der Waals surface area contributed by atoms with E-state index in [4.69, 9.17) is 9.47 Å². The monoisotopic (exact) mass is 423 g/mol. The van der Waals surface area contributed by atoms with Crippen molar-refractivity contribution in [3.05, 3.63) is 59.7 Å². The van der Waals surface area contributed by atoms with Gasteiger partial charge in [0, 0.05) is 39.1 Å². The summed E-state index contributed by atoms with van der Waals surface area (Å²) >= 11 is 0. The van der Waals surface area contributed by atoms with Crippen molar-refractivity contribution in [3.8, 4) is 11.5 Å². The van der Waals surface area contributed by atoms with Crippen LogP contribution in [0.25, 0.3) is 0 Å². The Kier molecular flexibility index (Phi) is 7.04. The molecule has 164 valence electrons. The third-order valence-corrected chi connectivity index (χ3v) is 5.66. The number of aryl methyl sites for hydroxylation is 1. The van der Waals surface area contributed by atoms with Crippen LogP contribution >= 0.6 is 0 Å². The fourth-order valence-corrected chi connectivity index (χ4v) is 3.86. The molecule has 0 unspecified atom stereocenters. The Morgan fingerprint density at radius 3 is 2.39 bits per heavy atom. The zero-order chi connectivity index (χ0) is 21.5. The van der Waals surface area contributed by atoms with Crippen LogP contribution in [0, 0.1) is 0 Å². The molecule has 1 N–H and O–H groups in total. The molecule has 1 fully saturated rings. The van der Waals surface area contributed by atoms with Gasteiger partial charge in [0.05, 0.1) is 6.54 Å². The first-order valence-electron chi connectivity index (χ1n) is 10.9. The molecule has 7 heteroatoms. The van der Waals surface area contributed by atoms with Gasteiger partial charge in [0.1, 0.15) is 13.2 Å². The summed E-state index contributed by atoms with van der Waals surface area (Å²) in [4.78, 5) is 28.8. The van der Waals surface area contributed by atoms with Crippen molar-refractivity contribution in [1.29, 1.82) is 0 Å². The molecule has 0 radical (unpaired) electrons. The number of carbonyl (C=O) groups is 2. The minimum atomic E-state index is 0.0160. The van der Waals surface area contributed by atoms with Gasteiger partial charge in [-0.1, -0.05) is 36.4 Å². The van der Waals surface area contributed by atoms with E-state index in [0.717, 1.165) is 22.6 Å². The van der Waals surface area contributed by atoms with Crippen LogP contribution in [0.5, 0.6) is 11.5 Å². The molecule has 2 aromatic rings. The van der Waals surface area contributed by atoms with E-state index in [2.05, 4.69) is 10.2 Å². The fraction of sp³-hybridized carbons (Fsp3) is 0.417. The molecule has 2 aliphatic rings. The first-order chi connectivity index (χ1) is 15.2. The Hall–Kier alpha value is -3.06. The molecule has 7 nitrogen and oxygen atoms in total. The number of hydrogen-bond acceptors (Lipinski definition) is 5. The van der Waals surface area contributed by atoms with Gasteiger partial charge in [-0.2, -0.15) is 0 Å². The third kappa shape index (κ3) is 5.98. The van der Waals surface area contributed by atoms with Crippen molar-refractivity contribution >= 4 is 11.8 Å². The highest BCUT2D eigenvalue weighted by molar-refractivity contribution is 5.78. The van der Waals surface area contributed by atoms with Crippen molar-refractivity contribution < 1.29 is 19.1 Å². The topological polar surface area (TPSA) is 71.1 Å². The Labute approximate surface area is 182 Å². The maximum Gasteiger partial charge on any atom is 0.234 e. The van der Waals surface area contributed by atoms with Gasteiger partial charge in [0.25, 0.3) is 0 Å². The zero-order valence-corrected chi connectivity index (χ0v) is 17.7. The molecule has 1 saturated heterocycles. The van der Waals surface area contributed by atoms with E-state index in [1.54, 1.807) is 0 Å². The average molecular weight is 424 g/mol. The highest BCUT2D eigenvalue weighted by Crippen LogP contribution is 2.31. The van der Waals surface area contributed by atoms with Crippen LogP contribution in [-0.2, 0) is 22.6 Å². The van der Waals surface area contributed by atoms with Gasteiger partial charge < -0.3 is 19.7 Å². The molecule has 0 aliphatic carbocycles. The number of ether oxygens (including phenoxy) is 2. The Morgan fingerprint density at radius 2 is 1.61 bits per heavy atom. The summed E-state index contributed by atoms with van der Waals surface area (Å²) < 4.78 is 11.2. The molecule has 2 amide bonds. The lowest BCUT2D eigenvalue weighted by Gasteiger charge is -2.34. The standard InChI is InChI=1S/C24H29N3O4/c28-23(25-17-20-4-2-1-3-5-20)18-26-10-12-27(13-11-26)24(29)9-7-19-6-8-21-22(16-19)31-15-14-30-21/h1-6,8,16H,7,9-15,17-18H2,(H,25,28). The van der Waals surface area contributed by atoms with Gasteiger partial charge >= 0.3 is 0 Å². The number of nitrogens with zero attached hydrogens (tertiary/aromatic N) is 2. The zero-order valence-electron chi connectivity index (χ0n) is 17.7. The van der Waals surface area contributed by atoms with Crippen molar-refractivity contribution in [2.45, 2.75) is 19.4 Å². The van der Waals surface area contributed by atoms with Gasteiger partial charge in [0.15, 0.2) is 11.5 Å². The van der Waals surface area contributed by atoms with Gasteiger partial charge in [-0.3, -0.25) is 14.5 Å². The van der Waals surface area contributed by atoms with Crippen LogP contribution in [0.2, 0.25) is 0 Å². The maximum absolute atomic E-state index is 12.6. The van der Waals surface area contributed by atoms with E-state index in [0.29, 0.717) is 65.3 Å². The second-order valence-corrected chi connectivity index (χ2v) is 7.90. The molecule has 2 aliphatic heterocycles. The average Bonchev–Trinajstić information content (AvgIpc) is 2.82. The minimum absolute atomic E-state index is 0.0160. The molecule has 31 heavy (non-hydrogen) atoms. The summed E-state index contributed by atoms with van der Waals surface area (Å²) in [5, 5.41) is 2.96. The van der Waals surface area contributed by atoms with E-state index in [9.17, 15) is 9.59 Å². The molecule has 2 heterocycles. The lowest BCUT2D eigenvalue weighted by atomic mass is 10.1. The van der Waals surface area contributed by atoms with Gasteiger partial charge in [-0.15, -0.1) is 0 Å². The van der Waals surface area contributed by atoms with E-state index in [1.807, 2.05) is 53.4 Å². The highest BCUT2D eigenvalue weighted by atomic mass is 16.6. The maximum atomic E-state index is 12.6. The second kappa shape index (κ2) is 10.3. The molecular weight excluding hydrogens is 394 g/mol. The normalized spacial score (nSPS) is 16.1. The summed E-state index contributed by atoms with van der Waals surface area (Å²) in [7, 11) is 0. The number of piperazine rings is 1.